The van der Waals surface area contributed by atoms with E-state index in [4.69, 9.17) is 14.5 Å². The maximum absolute atomic E-state index is 5.75. The van der Waals surface area contributed by atoms with E-state index in [0.29, 0.717) is 11.6 Å². The third-order valence-electron chi connectivity index (χ3n) is 5.58. The van der Waals surface area contributed by atoms with E-state index in [-0.39, 0.29) is 6.04 Å². The summed E-state index contributed by atoms with van der Waals surface area (Å²) in [6, 6.07) is 5.87. The number of nitrogens with one attached hydrogen (secondary N) is 2. The molecule has 4 aromatic rings. The first-order chi connectivity index (χ1) is 15.6. The Morgan fingerprint density at radius 2 is 2.00 bits per heavy atom. The zero-order chi connectivity index (χ0) is 22.1. The number of hydrogen-bond donors (Lipinski definition) is 2. The van der Waals surface area contributed by atoms with Crippen molar-refractivity contribution in [2.24, 2.45) is 0 Å². The van der Waals surface area contributed by atoms with E-state index in [2.05, 4.69) is 42.5 Å². The van der Waals surface area contributed by atoms with Crippen LogP contribution in [-0.4, -0.2) is 41.8 Å². The lowest BCUT2D eigenvalue weighted by Crippen LogP contribution is -2.25. The number of rotatable bonds is 6. The lowest BCUT2D eigenvalue weighted by atomic mass is 10.1. The van der Waals surface area contributed by atoms with E-state index in [1.807, 2.05) is 32.0 Å². The Labute approximate surface area is 185 Å². The van der Waals surface area contributed by atoms with Gasteiger partial charge in [-0.25, -0.2) is 4.98 Å². The zero-order valence-electron chi connectivity index (χ0n) is 18.3. The van der Waals surface area contributed by atoms with Crippen molar-refractivity contribution in [2.45, 2.75) is 46.1 Å². The van der Waals surface area contributed by atoms with Crippen LogP contribution in [-0.2, 0) is 6.42 Å². The molecular weight excluding hydrogens is 406 g/mol. The topological polar surface area (TPSA) is 122 Å². The molecule has 2 N–H and O–H groups in total. The van der Waals surface area contributed by atoms with Crippen molar-refractivity contribution < 1.29 is 4.52 Å². The summed E-state index contributed by atoms with van der Waals surface area (Å²) >= 11 is 0. The summed E-state index contributed by atoms with van der Waals surface area (Å²) in [5, 5.41) is 14.7. The van der Waals surface area contributed by atoms with E-state index < -0.39 is 0 Å². The molecule has 0 saturated carbocycles. The van der Waals surface area contributed by atoms with Crippen molar-refractivity contribution in [3.05, 3.63) is 53.4 Å². The van der Waals surface area contributed by atoms with Crippen molar-refractivity contribution in [3.8, 4) is 11.4 Å². The molecule has 1 unspecified atom stereocenters. The number of anilines is 3. The largest absolute Gasteiger partial charge is 0.358 e. The van der Waals surface area contributed by atoms with Crippen LogP contribution in [0.25, 0.3) is 11.4 Å². The van der Waals surface area contributed by atoms with Crippen LogP contribution in [0, 0.1) is 13.8 Å². The minimum Gasteiger partial charge on any atom is -0.358 e. The number of aromatic nitrogens is 7. The quantitative estimate of drug-likeness (QED) is 0.468. The van der Waals surface area contributed by atoms with Gasteiger partial charge in [0.25, 0.3) is 0 Å². The smallest absolute Gasteiger partial charge is 0.228 e. The van der Waals surface area contributed by atoms with E-state index in [1.54, 1.807) is 12.4 Å². The summed E-state index contributed by atoms with van der Waals surface area (Å²) < 4.78 is 5.75. The van der Waals surface area contributed by atoms with Crippen molar-refractivity contribution in [2.75, 3.05) is 16.8 Å². The summed E-state index contributed by atoms with van der Waals surface area (Å²) in [6.07, 6.45) is 6.10. The molecule has 4 aromatic heterocycles. The monoisotopic (exact) mass is 431 g/mol. The first-order valence-corrected chi connectivity index (χ1v) is 10.8. The highest BCUT2D eigenvalue weighted by Crippen LogP contribution is 2.36. The van der Waals surface area contributed by atoms with Gasteiger partial charge in [-0.1, -0.05) is 12.1 Å². The predicted molar refractivity (Wildman–Crippen MR) is 120 cm³/mol. The van der Waals surface area contributed by atoms with Crippen LogP contribution >= 0.6 is 0 Å². The second-order valence-corrected chi connectivity index (χ2v) is 7.92. The summed E-state index contributed by atoms with van der Waals surface area (Å²) in [6.45, 7) is 6.81. The molecule has 1 aliphatic rings. The molecule has 0 radical (unpaired) electrons. The fraction of sp³-hybridized carbons (Fsp3) is 0.364. The average molecular weight is 432 g/mol. The van der Waals surface area contributed by atoms with Gasteiger partial charge in [-0.15, -0.1) is 0 Å². The molecule has 0 amide bonds. The Morgan fingerprint density at radius 1 is 1.12 bits per heavy atom. The van der Waals surface area contributed by atoms with Gasteiger partial charge in [0.1, 0.15) is 17.2 Å². The SMILES string of the molecule is CCc1cc(Nc2cc(C)[nH]n2)nc(N2CCCC2c2cc(-c3nccnc3C)no2)n1. The van der Waals surface area contributed by atoms with Crippen LogP contribution < -0.4 is 10.2 Å². The van der Waals surface area contributed by atoms with Crippen LogP contribution in [0.3, 0.4) is 0 Å². The van der Waals surface area contributed by atoms with Crippen molar-refractivity contribution in [3.63, 3.8) is 0 Å². The van der Waals surface area contributed by atoms with E-state index in [0.717, 1.165) is 66.0 Å². The summed E-state index contributed by atoms with van der Waals surface area (Å²) in [5.74, 6) is 2.91. The van der Waals surface area contributed by atoms with Gasteiger partial charge < -0.3 is 14.7 Å². The second-order valence-electron chi connectivity index (χ2n) is 7.92. The highest BCUT2D eigenvalue weighted by molar-refractivity contribution is 5.57. The van der Waals surface area contributed by atoms with Crippen LogP contribution in [0.4, 0.5) is 17.6 Å². The molecule has 10 heteroatoms. The van der Waals surface area contributed by atoms with Crippen molar-refractivity contribution >= 4 is 17.6 Å². The normalized spacial score (nSPS) is 16.0. The van der Waals surface area contributed by atoms with Crippen LogP contribution in [0.15, 0.2) is 35.1 Å². The Morgan fingerprint density at radius 3 is 2.78 bits per heavy atom. The fourth-order valence-corrected chi connectivity index (χ4v) is 3.99. The number of H-pyrrole nitrogens is 1. The molecule has 0 aromatic carbocycles. The molecule has 1 fully saturated rings. The summed E-state index contributed by atoms with van der Waals surface area (Å²) in [7, 11) is 0. The zero-order valence-corrected chi connectivity index (χ0v) is 18.3. The standard InChI is InChI=1S/C22H25N9O/c1-4-15-11-19(26-20-10-13(2)28-29-20)27-22(25-15)31-9-5-6-17(31)18-12-16(30-32-18)21-14(3)23-7-8-24-21/h7-8,10-12,17H,4-6,9H2,1-3H3,(H2,25,26,27,28,29). The fourth-order valence-electron chi connectivity index (χ4n) is 3.99. The Hall–Kier alpha value is -3.82. The minimum atomic E-state index is 0.0146. The number of aromatic amines is 1. The van der Waals surface area contributed by atoms with Gasteiger partial charge in [0.2, 0.25) is 5.95 Å². The molecule has 1 atom stereocenters. The first-order valence-electron chi connectivity index (χ1n) is 10.8. The molecule has 32 heavy (non-hydrogen) atoms. The lowest BCUT2D eigenvalue weighted by molar-refractivity contribution is 0.362. The maximum atomic E-state index is 5.75. The Kier molecular flexibility index (Phi) is 5.26. The van der Waals surface area contributed by atoms with Crippen molar-refractivity contribution in [1.29, 1.82) is 0 Å². The van der Waals surface area contributed by atoms with E-state index >= 15 is 0 Å². The Bertz CT molecular complexity index is 1230. The molecular formula is C22H25N9O. The van der Waals surface area contributed by atoms with Gasteiger partial charge in [-0.05, 0) is 33.1 Å². The minimum absolute atomic E-state index is 0.0146. The second kappa shape index (κ2) is 8.37. The summed E-state index contributed by atoms with van der Waals surface area (Å²) in [4.78, 5) is 20.5. The van der Waals surface area contributed by atoms with Gasteiger partial charge in [0, 0.05) is 48.5 Å². The van der Waals surface area contributed by atoms with Gasteiger partial charge in [-0.2, -0.15) is 10.1 Å². The maximum Gasteiger partial charge on any atom is 0.228 e. The molecule has 5 rings (SSSR count). The Balaban J connectivity index is 1.44. The van der Waals surface area contributed by atoms with E-state index in [9.17, 15) is 0 Å². The van der Waals surface area contributed by atoms with E-state index in [1.165, 1.54) is 0 Å². The van der Waals surface area contributed by atoms with Crippen LogP contribution in [0.5, 0.6) is 0 Å². The van der Waals surface area contributed by atoms with Gasteiger partial charge in [0.15, 0.2) is 11.6 Å². The molecule has 0 aliphatic carbocycles. The van der Waals surface area contributed by atoms with Crippen LogP contribution in [0.1, 0.15) is 48.6 Å². The molecule has 1 saturated heterocycles. The summed E-state index contributed by atoms with van der Waals surface area (Å²) in [5.41, 5.74) is 4.19. The highest BCUT2D eigenvalue weighted by atomic mass is 16.5. The third-order valence-corrected chi connectivity index (χ3v) is 5.58. The molecule has 0 bridgehead atoms. The van der Waals surface area contributed by atoms with Gasteiger partial charge >= 0.3 is 0 Å². The number of nitrogens with zero attached hydrogens (tertiary/aromatic N) is 7. The highest BCUT2D eigenvalue weighted by Gasteiger charge is 2.32. The van der Waals surface area contributed by atoms with Gasteiger partial charge in [0.05, 0.1) is 11.7 Å². The third kappa shape index (κ3) is 3.91. The molecule has 164 valence electrons. The molecule has 0 spiro atoms. The number of hydrogen-bond acceptors (Lipinski definition) is 9. The van der Waals surface area contributed by atoms with Crippen molar-refractivity contribution in [1.82, 2.24) is 35.3 Å². The molecule has 1 aliphatic heterocycles. The molecule has 10 nitrogen and oxygen atoms in total. The first kappa shape index (κ1) is 20.1. The van der Waals surface area contributed by atoms with Gasteiger partial charge in [-0.3, -0.25) is 15.1 Å². The average Bonchev–Trinajstić information content (AvgIpc) is 3.54. The molecule has 5 heterocycles. The number of aryl methyl sites for hydroxylation is 3. The lowest BCUT2D eigenvalue weighted by Gasteiger charge is -2.23. The van der Waals surface area contributed by atoms with Crippen LogP contribution in [0.2, 0.25) is 0 Å². The predicted octanol–water partition coefficient (Wildman–Crippen LogP) is 3.91.